The van der Waals surface area contributed by atoms with Crippen LogP contribution in [-0.4, -0.2) is 33.1 Å². The van der Waals surface area contributed by atoms with Gasteiger partial charge in [0.2, 0.25) is 0 Å². The van der Waals surface area contributed by atoms with Crippen molar-refractivity contribution in [3.05, 3.63) is 22.4 Å². The third kappa shape index (κ3) is 3.13. The first-order valence-corrected chi connectivity index (χ1v) is 8.39. The maximum absolute atomic E-state index is 13.6. The Morgan fingerprint density at radius 3 is 2.80 bits per heavy atom. The van der Waals surface area contributed by atoms with Crippen molar-refractivity contribution in [2.45, 2.75) is 24.2 Å². The number of rotatable bonds is 3. The summed E-state index contributed by atoms with van der Waals surface area (Å²) in [6, 6.07) is 2.23. The first-order valence-electron chi connectivity index (χ1n) is 6.15. The van der Waals surface area contributed by atoms with E-state index in [4.69, 9.17) is 9.57 Å². The average Bonchev–Trinajstić information content (AvgIpc) is 2.70. The minimum atomic E-state index is -3.94. The van der Waals surface area contributed by atoms with Crippen LogP contribution in [0.2, 0.25) is 0 Å². The molecule has 1 aromatic rings. The molecule has 0 amide bonds. The summed E-state index contributed by atoms with van der Waals surface area (Å²) in [4.78, 5) is 5.01. The summed E-state index contributed by atoms with van der Waals surface area (Å²) in [6.45, 7) is 0.587. The lowest BCUT2D eigenvalue weighted by Gasteiger charge is -2.20. The molecule has 0 atom stereocenters. The summed E-state index contributed by atoms with van der Waals surface area (Å²) in [5.74, 6) is -0.592. The van der Waals surface area contributed by atoms with Gasteiger partial charge in [-0.2, -0.15) is 0 Å². The summed E-state index contributed by atoms with van der Waals surface area (Å²) < 4.78 is 44.8. The number of methoxy groups -OCH3 is 1. The molecule has 0 saturated carbocycles. The first kappa shape index (κ1) is 15.7. The number of hydrogen-bond donors (Lipinski definition) is 0. The standard InChI is InChI=1S/C12H15BrFNO4S/c1-18-11-7-9(13)10(14)8-12(11)20(16,17)15-5-3-2-4-6-19-15/h7-8H,2-6H2,1H3. The maximum atomic E-state index is 13.6. The van der Waals surface area contributed by atoms with Crippen molar-refractivity contribution in [2.24, 2.45) is 0 Å². The van der Waals surface area contributed by atoms with Crippen LogP contribution in [0, 0.1) is 5.82 Å². The fraction of sp³-hybridized carbons (Fsp3) is 0.500. The molecule has 0 N–H and O–H groups in total. The predicted molar refractivity (Wildman–Crippen MR) is 74.3 cm³/mol. The molecule has 1 fully saturated rings. The van der Waals surface area contributed by atoms with Crippen molar-refractivity contribution in [1.29, 1.82) is 0 Å². The van der Waals surface area contributed by atoms with Gasteiger partial charge >= 0.3 is 0 Å². The summed E-state index contributed by atoms with van der Waals surface area (Å²) in [6.07, 6.45) is 2.41. The molecule has 8 heteroatoms. The Kier molecular flexibility index (Phi) is 5.00. The van der Waals surface area contributed by atoms with E-state index in [9.17, 15) is 12.8 Å². The molecular weight excluding hydrogens is 353 g/mol. The van der Waals surface area contributed by atoms with Gasteiger partial charge in [-0.15, -0.1) is 0 Å². The van der Waals surface area contributed by atoms with Gasteiger partial charge < -0.3 is 4.74 Å². The molecule has 5 nitrogen and oxygen atoms in total. The van der Waals surface area contributed by atoms with E-state index in [1.54, 1.807) is 0 Å². The second-order valence-electron chi connectivity index (χ2n) is 4.34. The van der Waals surface area contributed by atoms with Gasteiger partial charge in [0.1, 0.15) is 16.5 Å². The van der Waals surface area contributed by atoms with E-state index < -0.39 is 15.8 Å². The lowest BCUT2D eigenvalue weighted by atomic mass is 10.2. The van der Waals surface area contributed by atoms with Crippen molar-refractivity contribution in [1.82, 2.24) is 4.47 Å². The molecule has 0 bridgehead atoms. The Hall–Kier alpha value is -0.700. The summed E-state index contributed by atoms with van der Waals surface area (Å²) in [5, 5.41) is 0. The van der Waals surface area contributed by atoms with Crippen molar-refractivity contribution >= 4 is 26.0 Å². The zero-order valence-electron chi connectivity index (χ0n) is 10.9. The molecule has 0 unspecified atom stereocenters. The minimum absolute atomic E-state index is 0.0751. The molecule has 0 aromatic heterocycles. The highest BCUT2D eigenvalue weighted by Gasteiger charge is 2.30. The Morgan fingerprint density at radius 2 is 2.10 bits per heavy atom. The molecule has 1 aliphatic rings. The molecule has 0 aliphatic carbocycles. The van der Waals surface area contributed by atoms with E-state index in [1.807, 2.05) is 0 Å². The molecule has 20 heavy (non-hydrogen) atoms. The molecule has 0 spiro atoms. The first-order chi connectivity index (χ1) is 9.46. The zero-order chi connectivity index (χ0) is 14.8. The maximum Gasteiger partial charge on any atom is 0.268 e. The van der Waals surface area contributed by atoms with Crippen molar-refractivity contribution in [3.8, 4) is 5.75 Å². The van der Waals surface area contributed by atoms with Crippen LogP contribution in [-0.2, 0) is 14.9 Å². The van der Waals surface area contributed by atoms with Crippen LogP contribution in [0.5, 0.6) is 5.75 Å². The van der Waals surface area contributed by atoms with Crippen LogP contribution < -0.4 is 4.74 Å². The molecule has 1 aromatic carbocycles. The third-order valence-electron chi connectivity index (χ3n) is 2.97. The van der Waals surface area contributed by atoms with Gasteiger partial charge in [0.15, 0.2) is 0 Å². The van der Waals surface area contributed by atoms with E-state index in [1.165, 1.54) is 13.2 Å². The number of nitrogens with zero attached hydrogens (tertiary/aromatic N) is 1. The average molecular weight is 368 g/mol. The van der Waals surface area contributed by atoms with E-state index in [-0.39, 0.29) is 21.7 Å². The summed E-state index contributed by atoms with van der Waals surface area (Å²) in [5.41, 5.74) is 0. The highest BCUT2D eigenvalue weighted by Crippen LogP contribution is 2.32. The van der Waals surface area contributed by atoms with Crippen LogP contribution >= 0.6 is 15.9 Å². The fourth-order valence-corrected chi connectivity index (χ4v) is 3.69. The normalized spacial score (nSPS) is 17.8. The van der Waals surface area contributed by atoms with E-state index in [0.717, 1.165) is 23.4 Å². The highest BCUT2D eigenvalue weighted by molar-refractivity contribution is 9.10. The summed E-state index contributed by atoms with van der Waals surface area (Å²) >= 11 is 3.00. The van der Waals surface area contributed by atoms with Gasteiger partial charge in [-0.3, -0.25) is 4.84 Å². The minimum Gasteiger partial charge on any atom is -0.495 e. The Morgan fingerprint density at radius 1 is 1.35 bits per heavy atom. The smallest absolute Gasteiger partial charge is 0.268 e. The molecule has 2 rings (SSSR count). The second kappa shape index (κ2) is 6.38. The lowest BCUT2D eigenvalue weighted by Crippen LogP contribution is -2.31. The number of halogens is 2. The number of benzene rings is 1. The monoisotopic (exact) mass is 367 g/mol. The molecule has 1 aliphatic heterocycles. The van der Waals surface area contributed by atoms with Gasteiger partial charge in [-0.1, -0.05) is 4.47 Å². The molecule has 0 radical (unpaired) electrons. The number of hydrogen-bond acceptors (Lipinski definition) is 4. The SMILES string of the molecule is COc1cc(Br)c(F)cc1S(=O)(=O)N1CCCCCO1. The summed E-state index contributed by atoms with van der Waals surface area (Å²) in [7, 11) is -2.61. The van der Waals surface area contributed by atoms with E-state index in [0.29, 0.717) is 13.0 Å². The van der Waals surface area contributed by atoms with Crippen LogP contribution in [0.15, 0.2) is 21.5 Å². The largest absolute Gasteiger partial charge is 0.495 e. The number of ether oxygens (including phenoxy) is 1. The van der Waals surface area contributed by atoms with E-state index >= 15 is 0 Å². The van der Waals surface area contributed by atoms with Crippen LogP contribution in [0.25, 0.3) is 0 Å². The van der Waals surface area contributed by atoms with Crippen LogP contribution in [0.4, 0.5) is 4.39 Å². The van der Waals surface area contributed by atoms with Crippen molar-refractivity contribution in [3.63, 3.8) is 0 Å². The number of sulfonamides is 1. The Labute approximate surface area is 125 Å². The molecule has 1 heterocycles. The third-order valence-corrected chi connectivity index (χ3v) is 5.28. The lowest BCUT2D eigenvalue weighted by molar-refractivity contribution is -0.0749. The van der Waals surface area contributed by atoms with Gasteiger partial charge in [-0.05, 0) is 47.3 Å². The Bertz CT molecular complexity index is 585. The quantitative estimate of drug-likeness (QED) is 0.823. The van der Waals surface area contributed by atoms with Gasteiger partial charge in [0.25, 0.3) is 10.0 Å². The fourth-order valence-electron chi connectivity index (χ4n) is 1.92. The van der Waals surface area contributed by atoms with Gasteiger partial charge in [-0.25, -0.2) is 12.8 Å². The van der Waals surface area contributed by atoms with Crippen molar-refractivity contribution < 1.29 is 22.4 Å². The molecule has 1 saturated heterocycles. The number of hydroxylamine groups is 1. The molecule has 112 valence electrons. The highest BCUT2D eigenvalue weighted by atomic mass is 79.9. The molecular formula is C12H15BrFNO4S. The predicted octanol–water partition coefficient (Wildman–Crippen LogP) is 2.70. The zero-order valence-corrected chi connectivity index (χ0v) is 13.3. The van der Waals surface area contributed by atoms with Crippen molar-refractivity contribution in [2.75, 3.05) is 20.3 Å². The van der Waals surface area contributed by atoms with Gasteiger partial charge in [0, 0.05) is 6.54 Å². The second-order valence-corrected chi connectivity index (χ2v) is 6.99. The Balaban J connectivity index is 2.45. The van der Waals surface area contributed by atoms with Crippen LogP contribution in [0.3, 0.4) is 0 Å². The van der Waals surface area contributed by atoms with Gasteiger partial charge in [0.05, 0.1) is 18.2 Å². The van der Waals surface area contributed by atoms with Crippen LogP contribution in [0.1, 0.15) is 19.3 Å². The topological polar surface area (TPSA) is 55.8 Å². The van der Waals surface area contributed by atoms with E-state index in [2.05, 4.69) is 15.9 Å².